The summed E-state index contributed by atoms with van der Waals surface area (Å²) in [7, 11) is 0. The second kappa shape index (κ2) is 5.06. The van der Waals surface area contributed by atoms with Crippen molar-refractivity contribution in [3.63, 3.8) is 0 Å². The van der Waals surface area contributed by atoms with Crippen molar-refractivity contribution >= 4 is 17.7 Å². The van der Waals surface area contributed by atoms with Crippen LogP contribution in [0.1, 0.15) is 34.1 Å². The summed E-state index contributed by atoms with van der Waals surface area (Å²) >= 11 is 1.88. The van der Waals surface area contributed by atoms with Gasteiger partial charge in [0.05, 0.1) is 6.42 Å². The summed E-state index contributed by atoms with van der Waals surface area (Å²) in [5.74, 6) is 1.97. The molecule has 0 radical (unpaired) electrons. The summed E-state index contributed by atoms with van der Waals surface area (Å²) in [6, 6.07) is 0. The van der Waals surface area contributed by atoms with Crippen molar-refractivity contribution in [2.45, 2.75) is 45.5 Å². The van der Waals surface area contributed by atoms with Crippen molar-refractivity contribution in [2.75, 3.05) is 5.75 Å². The lowest BCUT2D eigenvalue weighted by molar-refractivity contribution is -0.160. The third-order valence-electron chi connectivity index (χ3n) is 2.78. The second-order valence-electron chi connectivity index (χ2n) is 4.26. The van der Waals surface area contributed by atoms with Gasteiger partial charge in [-0.1, -0.05) is 27.7 Å². The van der Waals surface area contributed by atoms with Gasteiger partial charge in [-0.2, -0.15) is 11.8 Å². The third kappa shape index (κ3) is 2.66. The normalized spacial score (nSPS) is 33.2. The fourth-order valence-electron chi connectivity index (χ4n) is 2.04. The lowest BCUT2D eigenvalue weighted by atomic mass is 9.88. The Hall–Kier alpha value is -0.180. The lowest BCUT2D eigenvalue weighted by Crippen LogP contribution is -2.42. The molecule has 0 saturated carbocycles. The zero-order chi connectivity index (χ0) is 10.7. The van der Waals surface area contributed by atoms with Crippen molar-refractivity contribution in [3.05, 3.63) is 0 Å². The Labute approximate surface area is 90.8 Å². The molecule has 0 amide bonds. The van der Waals surface area contributed by atoms with E-state index in [9.17, 15) is 4.79 Å². The molecule has 0 aromatic carbocycles. The number of ether oxygens (including phenoxy) is 1. The first-order valence-electron chi connectivity index (χ1n) is 5.37. The Morgan fingerprint density at radius 3 is 2.71 bits per heavy atom. The summed E-state index contributed by atoms with van der Waals surface area (Å²) < 4.78 is 5.38. The number of carbonyl (C=O) groups excluding carboxylic acids is 1. The molecule has 0 aromatic heterocycles. The fourth-order valence-corrected chi connectivity index (χ4v) is 3.18. The summed E-state index contributed by atoms with van der Waals surface area (Å²) in [6.45, 7) is 8.58. The van der Waals surface area contributed by atoms with Crippen LogP contribution in [0.5, 0.6) is 0 Å². The van der Waals surface area contributed by atoms with Gasteiger partial charge >= 0.3 is 5.97 Å². The molecular weight excluding hydrogens is 196 g/mol. The van der Waals surface area contributed by atoms with Crippen LogP contribution in [-0.4, -0.2) is 23.1 Å². The average Bonchev–Trinajstić information content (AvgIpc) is 2.10. The van der Waals surface area contributed by atoms with Crippen molar-refractivity contribution in [3.8, 4) is 0 Å². The number of hydrogen-bond donors (Lipinski definition) is 0. The molecule has 14 heavy (non-hydrogen) atoms. The van der Waals surface area contributed by atoms with Crippen LogP contribution in [0.3, 0.4) is 0 Å². The van der Waals surface area contributed by atoms with E-state index in [1.807, 2.05) is 11.8 Å². The predicted molar refractivity (Wildman–Crippen MR) is 60.4 cm³/mol. The van der Waals surface area contributed by atoms with Crippen molar-refractivity contribution < 1.29 is 9.53 Å². The van der Waals surface area contributed by atoms with Crippen LogP contribution in [0.15, 0.2) is 0 Å². The standard InChI is InChI=1S/C11H20O2S/c1-5-14-9-6-10(12)13-11(7(2)3)8(9)4/h7-9,11H,5-6H2,1-4H3/t8-,9?,11-/m0/s1. The van der Waals surface area contributed by atoms with Crippen LogP contribution < -0.4 is 0 Å². The van der Waals surface area contributed by atoms with E-state index < -0.39 is 0 Å². The Morgan fingerprint density at radius 2 is 2.21 bits per heavy atom. The van der Waals surface area contributed by atoms with Gasteiger partial charge in [-0.3, -0.25) is 4.79 Å². The third-order valence-corrected chi connectivity index (χ3v) is 4.14. The van der Waals surface area contributed by atoms with Gasteiger partial charge in [-0.15, -0.1) is 0 Å². The number of esters is 1. The highest BCUT2D eigenvalue weighted by Gasteiger charge is 2.37. The maximum absolute atomic E-state index is 11.4. The predicted octanol–water partition coefficient (Wildman–Crippen LogP) is 2.72. The van der Waals surface area contributed by atoms with Gasteiger partial charge in [0, 0.05) is 11.2 Å². The van der Waals surface area contributed by atoms with E-state index >= 15 is 0 Å². The topological polar surface area (TPSA) is 26.3 Å². The molecule has 1 fully saturated rings. The number of hydrogen-bond acceptors (Lipinski definition) is 3. The largest absolute Gasteiger partial charge is 0.462 e. The molecule has 2 nitrogen and oxygen atoms in total. The number of rotatable bonds is 3. The first-order valence-corrected chi connectivity index (χ1v) is 6.42. The SMILES string of the molecule is CCSC1CC(=O)O[C@@H](C(C)C)[C@H]1C. The molecule has 1 unspecified atom stereocenters. The fraction of sp³-hybridized carbons (Fsp3) is 0.909. The minimum Gasteiger partial charge on any atom is -0.462 e. The van der Waals surface area contributed by atoms with Gasteiger partial charge < -0.3 is 4.74 Å². The molecule has 1 heterocycles. The number of thioether (sulfide) groups is 1. The van der Waals surface area contributed by atoms with Crippen LogP contribution in [-0.2, 0) is 9.53 Å². The summed E-state index contributed by atoms with van der Waals surface area (Å²) in [6.07, 6.45) is 0.698. The molecule has 0 aliphatic carbocycles. The monoisotopic (exact) mass is 216 g/mol. The Kier molecular flexibility index (Phi) is 4.30. The van der Waals surface area contributed by atoms with Crippen LogP contribution in [0, 0.1) is 11.8 Å². The quantitative estimate of drug-likeness (QED) is 0.679. The molecule has 1 saturated heterocycles. The first-order chi connectivity index (χ1) is 6.56. The average molecular weight is 216 g/mol. The zero-order valence-electron chi connectivity index (χ0n) is 9.45. The second-order valence-corrected chi connectivity index (χ2v) is 5.77. The van der Waals surface area contributed by atoms with E-state index in [1.54, 1.807) is 0 Å². The van der Waals surface area contributed by atoms with Gasteiger partial charge in [0.25, 0.3) is 0 Å². The van der Waals surface area contributed by atoms with E-state index in [0.717, 1.165) is 5.75 Å². The molecule has 0 N–H and O–H groups in total. The molecule has 3 atom stereocenters. The summed E-state index contributed by atoms with van der Waals surface area (Å²) in [4.78, 5) is 11.4. The smallest absolute Gasteiger partial charge is 0.307 e. The highest BCUT2D eigenvalue weighted by Crippen LogP contribution is 2.34. The van der Waals surface area contributed by atoms with Crippen molar-refractivity contribution in [1.29, 1.82) is 0 Å². The van der Waals surface area contributed by atoms with Crippen molar-refractivity contribution in [2.24, 2.45) is 11.8 Å². The molecule has 1 rings (SSSR count). The van der Waals surface area contributed by atoms with E-state index in [-0.39, 0.29) is 12.1 Å². The minimum atomic E-state index is -0.0206. The maximum Gasteiger partial charge on any atom is 0.307 e. The van der Waals surface area contributed by atoms with Gasteiger partial charge in [-0.25, -0.2) is 0 Å². The molecule has 3 heteroatoms. The first kappa shape index (κ1) is 11.9. The Balaban J connectivity index is 2.65. The van der Waals surface area contributed by atoms with Crippen molar-refractivity contribution in [1.82, 2.24) is 0 Å². The molecule has 0 spiro atoms. The lowest BCUT2D eigenvalue weighted by Gasteiger charge is -2.37. The summed E-state index contributed by atoms with van der Waals surface area (Å²) in [5, 5.41) is 0.452. The van der Waals surface area contributed by atoms with Gasteiger partial charge in [0.1, 0.15) is 6.10 Å². The molecule has 1 aliphatic heterocycles. The maximum atomic E-state index is 11.4. The van der Waals surface area contributed by atoms with Crippen LogP contribution >= 0.6 is 11.8 Å². The Bertz CT molecular complexity index is 203. The van der Waals surface area contributed by atoms with E-state index in [0.29, 0.717) is 23.5 Å². The van der Waals surface area contributed by atoms with Gasteiger partial charge in [0.15, 0.2) is 0 Å². The van der Waals surface area contributed by atoms with E-state index in [2.05, 4.69) is 27.7 Å². The van der Waals surface area contributed by atoms with Crippen LogP contribution in [0.25, 0.3) is 0 Å². The number of carbonyl (C=O) groups is 1. The van der Waals surface area contributed by atoms with E-state index in [4.69, 9.17) is 4.74 Å². The highest BCUT2D eigenvalue weighted by molar-refractivity contribution is 7.99. The van der Waals surface area contributed by atoms with E-state index in [1.165, 1.54) is 0 Å². The zero-order valence-corrected chi connectivity index (χ0v) is 10.3. The molecule has 0 aromatic rings. The molecule has 0 bridgehead atoms. The molecule has 1 aliphatic rings. The van der Waals surface area contributed by atoms with Gasteiger partial charge in [-0.05, 0) is 11.7 Å². The number of cyclic esters (lactones) is 1. The minimum absolute atomic E-state index is 0.0206. The highest BCUT2D eigenvalue weighted by atomic mass is 32.2. The van der Waals surface area contributed by atoms with Gasteiger partial charge in [0.2, 0.25) is 0 Å². The summed E-state index contributed by atoms with van der Waals surface area (Å²) in [5.41, 5.74) is 0. The van der Waals surface area contributed by atoms with Crippen LogP contribution in [0.2, 0.25) is 0 Å². The Morgan fingerprint density at radius 1 is 1.57 bits per heavy atom. The molecule has 82 valence electrons. The van der Waals surface area contributed by atoms with Crippen LogP contribution in [0.4, 0.5) is 0 Å². The molecular formula is C11H20O2S.